The number of carboxylic acid groups (broad SMARTS) is 1. The Bertz CT molecular complexity index is 1740. The quantitative estimate of drug-likeness (QED) is 0.301. The molecule has 0 aliphatic heterocycles. The first-order valence-corrected chi connectivity index (χ1v) is 12.5. The van der Waals surface area contributed by atoms with Crippen LogP contribution in [-0.2, 0) is 25.7 Å². The molecule has 190 valence electrons. The first kappa shape index (κ1) is 23.5. The number of pyridine rings is 1. The van der Waals surface area contributed by atoms with E-state index in [2.05, 4.69) is 36.5 Å². The molecule has 0 spiro atoms. The molecule has 0 saturated carbocycles. The van der Waals surface area contributed by atoms with Crippen molar-refractivity contribution >= 4 is 28.6 Å². The van der Waals surface area contributed by atoms with E-state index in [4.69, 9.17) is 0 Å². The summed E-state index contributed by atoms with van der Waals surface area (Å²) in [6.07, 6.45) is 7.39. The first-order valence-electron chi connectivity index (χ1n) is 12.5. The van der Waals surface area contributed by atoms with Gasteiger partial charge in [0.05, 0.1) is 5.39 Å². The van der Waals surface area contributed by atoms with Crippen molar-refractivity contribution in [2.24, 2.45) is 0 Å². The SMILES string of the molecule is Cc1nc(CCc2ccc(Nc3ncc4c(=O)c(C(=O)O)cn(-c5ccc6c(c5)CCC6)c4n3)cc2)n[nH]1. The van der Waals surface area contributed by atoms with Crippen LogP contribution >= 0.6 is 0 Å². The van der Waals surface area contributed by atoms with E-state index in [1.807, 2.05) is 43.3 Å². The van der Waals surface area contributed by atoms with Gasteiger partial charge >= 0.3 is 5.97 Å². The van der Waals surface area contributed by atoms with Crippen LogP contribution in [0.2, 0.25) is 0 Å². The number of carbonyl (C=O) groups is 1. The van der Waals surface area contributed by atoms with Crippen molar-refractivity contribution in [3.8, 4) is 5.69 Å². The van der Waals surface area contributed by atoms with Crippen molar-refractivity contribution < 1.29 is 9.90 Å². The Morgan fingerprint density at radius 1 is 1.08 bits per heavy atom. The zero-order valence-corrected chi connectivity index (χ0v) is 20.7. The zero-order valence-electron chi connectivity index (χ0n) is 20.7. The van der Waals surface area contributed by atoms with Gasteiger partial charge in [-0.3, -0.25) is 9.89 Å². The third-order valence-corrected chi connectivity index (χ3v) is 6.83. The second-order valence-corrected chi connectivity index (χ2v) is 9.44. The Balaban J connectivity index is 1.31. The van der Waals surface area contributed by atoms with Crippen LogP contribution in [-0.4, -0.2) is 40.8 Å². The van der Waals surface area contributed by atoms with E-state index in [1.54, 1.807) is 4.57 Å². The molecule has 3 N–H and O–H groups in total. The molecule has 0 radical (unpaired) electrons. The summed E-state index contributed by atoms with van der Waals surface area (Å²) in [7, 11) is 0. The second kappa shape index (κ2) is 9.55. The number of aryl methyl sites for hydroxylation is 5. The molecule has 0 saturated heterocycles. The minimum absolute atomic E-state index is 0.147. The lowest BCUT2D eigenvalue weighted by molar-refractivity contribution is 0.0695. The van der Waals surface area contributed by atoms with Gasteiger partial charge in [0, 0.05) is 30.2 Å². The molecule has 38 heavy (non-hydrogen) atoms. The van der Waals surface area contributed by atoms with E-state index in [0.717, 1.165) is 60.7 Å². The van der Waals surface area contributed by atoms with Crippen LogP contribution in [0.3, 0.4) is 0 Å². The van der Waals surface area contributed by atoms with Gasteiger partial charge in [0.25, 0.3) is 0 Å². The molecule has 1 aliphatic rings. The molecule has 3 heterocycles. The number of carboxylic acids is 1. The van der Waals surface area contributed by atoms with Crippen molar-refractivity contribution in [3.05, 3.63) is 99.0 Å². The number of aromatic nitrogens is 6. The Kier molecular flexibility index (Phi) is 5.91. The fraction of sp³-hybridized carbons (Fsp3) is 0.214. The average Bonchev–Trinajstić information content (AvgIpc) is 3.56. The number of fused-ring (bicyclic) bond motifs is 2. The van der Waals surface area contributed by atoms with Gasteiger partial charge in [-0.25, -0.2) is 14.8 Å². The Morgan fingerprint density at radius 3 is 2.66 bits per heavy atom. The van der Waals surface area contributed by atoms with E-state index in [1.165, 1.54) is 23.5 Å². The van der Waals surface area contributed by atoms with Crippen molar-refractivity contribution in [1.29, 1.82) is 0 Å². The Hall–Kier alpha value is -4.86. The lowest BCUT2D eigenvalue weighted by atomic mass is 10.1. The maximum atomic E-state index is 12.9. The molecular formula is C28H25N7O3. The van der Waals surface area contributed by atoms with Crippen molar-refractivity contribution in [3.63, 3.8) is 0 Å². The van der Waals surface area contributed by atoms with E-state index >= 15 is 0 Å². The summed E-state index contributed by atoms with van der Waals surface area (Å²) in [6, 6.07) is 14.0. The fourth-order valence-electron chi connectivity index (χ4n) is 4.87. The molecule has 0 fully saturated rings. The van der Waals surface area contributed by atoms with Gasteiger partial charge in [-0.2, -0.15) is 10.1 Å². The van der Waals surface area contributed by atoms with Gasteiger partial charge in [0.1, 0.15) is 11.4 Å². The van der Waals surface area contributed by atoms with Crippen LogP contribution < -0.4 is 10.7 Å². The third-order valence-electron chi connectivity index (χ3n) is 6.83. The topological polar surface area (TPSA) is 139 Å². The minimum Gasteiger partial charge on any atom is -0.477 e. The summed E-state index contributed by atoms with van der Waals surface area (Å²) in [6.45, 7) is 1.88. The molecule has 0 atom stereocenters. The molecule has 6 rings (SSSR count). The van der Waals surface area contributed by atoms with Crippen LogP contribution in [0.4, 0.5) is 11.6 Å². The first-order chi connectivity index (χ1) is 18.4. The van der Waals surface area contributed by atoms with Gasteiger partial charge in [0.15, 0.2) is 11.5 Å². The summed E-state index contributed by atoms with van der Waals surface area (Å²) >= 11 is 0. The van der Waals surface area contributed by atoms with Crippen LogP contribution in [0, 0.1) is 6.92 Å². The van der Waals surface area contributed by atoms with Gasteiger partial charge in [0.2, 0.25) is 11.4 Å². The molecule has 0 unspecified atom stereocenters. The van der Waals surface area contributed by atoms with Gasteiger partial charge in [-0.1, -0.05) is 18.2 Å². The lowest BCUT2D eigenvalue weighted by Gasteiger charge is -2.14. The average molecular weight is 508 g/mol. The van der Waals surface area contributed by atoms with Crippen LogP contribution in [0.25, 0.3) is 16.7 Å². The predicted octanol–water partition coefficient (Wildman–Crippen LogP) is 3.92. The van der Waals surface area contributed by atoms with E-state index in [0.29, 0.717) is 11.6 Å². The molecule has 10 nitrogen and oxygen atoms in total. The highest BCUT2D eigenvalue weighted by Gasteiger charge is 2.19. The standard InChI is InChI=1S/C28H25N7O3/c1-16-30-24(34-33-16)12-7-17-5-9-20(10-6-17)31-28-29-14-22-25(36)23(27(37)38)15-35(26(22)32-28)21-11-8-18-3-2-4-19(18)13-21/h5-6,8-11,13-15H,2-4,7,12H2,1H3,(H,37,38)(H,29,31,32)(H,30,33,34). The summed E-state index contributed by atoms with van der Waals surface area (Å²) in [5.41, 5.74) is 4.63. The maximum Gasteiger partial charge on any atom is 0.341 e. The largest absolute Gasteiger partial charge is 0.477 e. The number of H-pyrrole nitrogens is 1. The molecule has 1 aliphatic carbocycles. The third kappa shape index (κ3) is 4.52. The van der Waals surface area contributed by atoms with Crippen molar-refractivity contribution in [2.45, 2.75) is 39.0 Å². The lowest BCUT2D eigenvalue weighted by Crippen LogP contribution is -2.19. The van der Waals surface area contributed by atoms with Crippen LogP contribution in [0.5, 0.6) is 0 Å². The molecule has 10 heteroatoms. The number of hydrogen-bond acceptors (Lipinski definition) is 7. The number of nitrogens with one attached hydrogen (secondary N) is 2. The number of rotatable bonds is 7. The fourth-order valence-corrected chi connectivity index (χ4v) is 4.87. The number of benzene rings is 2. The molecule has 5 aromatic rings. The van der Waals surface area contributed by atoms with Crippen molar-refractivity contribution in [2.75, 3.05) is 5.32 Å². The highest BCUT2D eigenvalue weighted by Crippen LogP contribution is 2.26. The Labute approximate surface area is 217 Å². The normalized spacial score (nSPS) is 12.6. The number of anilines is 2. The molecule has 0 amide bonds. The number of aromatic amines is 1. The summed E-state index contributed by atoms with van der Waals surface area (Å²) in [5.74, 6) is 0.608. The summed E-state index contributed by atoms with van der Waals surface area (Å²) in [5, 5.41) is 20.0. The zero-order chi connectivity index (χ0) is 26.2. The van der Waals surface area contributed by atoms with E-state index in [-0.39, 0.29) is 10.9 Å². The number of nitrogens with zero attached hydrogens (tertiary/aromatic N) is 5. The van der Waals surface area contributed by atoms with E-state index < -0.39 is 11.4 Å². The monoisotopic (exact) mass is 507 g/mol. The van der Waals surface area contributed by atoms with Gasteiger partial charge in [-0.05, 0) is 73.6 Å². The molecule has 2 aromatic carbocycles. The predicted molar refractivity (Wildman–Crippen MR) is 142 cm³/mol. The Morgan fingerprint density at radius 2 is 1.89 bits per heavy atom. The molecular weight excluding hydrogens is 482 g/mol. The van der Waals surface area contributed by atoms with Crippen LogP contribution in [0.1, 0.15) is 45.1 Å². The number of hydrogen-bond donors (Lipinski definition) is 3. The smallest absolute Gasteiger partial charge is 0.341 e. The molecule has 3 aromatic heterocycles. The number of aromatic carboxylic acids is 1. The maximum absolute atomic E-state index is 12.9. The summed E-state index contributed by atoms with van der Waals surface area (Å²) < 4.78 is 1.67. The van der Waals surface area contributed by atoms with Crippen LogP contribution in [0.15, 0.2) is 59.7 Å². The minimum atomic E-state index is -1.28. The summed E-state index contributed by atoms with van der Waals surface area (Å²) in [4.78, 5) is 38.0. The molecule has 0 bridgehead atoms. The highest BCUT2D eigenvalue weighted by molar-refractivity contribution is 5.92. The van der Waals surface area contributed by atoms with Gasteiger partial charge in [-0.15, -0.1) is 0 Å². The van der Waals surface area contributed by atoms with Crippen molar-refractivity contribution in [1.82, 2.24) is 29.7 Å². The second-order valence-electron chi connectivity index (χ2n) is 9.44. The van der Waals surface area contributed by atoms with E-state index in [9.17, 15) is 14.7 Å². The highest BCUT2D eigenvalue weighted by atomic mass is 16.4. The van der Waals surface area contributed by atoms with Gasteiger partial charge < -0.3 is 15.0 Å².